The Morgan fingerprint density at radius 3 is 2.90 bits per heavy atom. The van der Waals surface area contributed by atoms with Crippen molar-refractivity contribution in [1.29, 1.82) is 0 Å². The predicted octanol–water partition coefficient (Wildman–Crippen LogP) is 2.56. The quantitative estimate of drug-likeness (QED) is 0.812. The third-order valence-electron chi connectivity index (χ3n) is 3.80. The Bertz CT molecular complexity index is 485. The lowest BCUT2D eigenvalue weighted by Gasteiger charge is -2.23. The van der Waals surface area contributed by atoms with E-state index < -0.39 is 0 Å². The molecule has 2 unspecified atom stereocenters. The summed E-state index contributed by atoms with van der Waals surface area (Å²) in [6.07, 6.45) is 2.64. The lowest BCUT2D eigenvalue weighted by molar-refractivity contribution is -0.143. The first-order valence-corrected chi connectivity index (χ1v) is 7.17. The number of nitrogens with one attached hydrogen (secondary N) is 1. The molecule has 1 aliphatic carbocycles. The van der Waals surface area contributed by atoms with Crippen LogP contribution in [0.2, 0.25) is 0 Å². The van der Waals surface area contributed by atoms with Crippen LogP contribution in [-0.4, -0.2) is 24.2 Å². The van der Waals surface area contributed by atoms with Gasteiger partial charge in [0.25, 0.3) is 0 Å². The van der Waals surface area contributed by atoms with Gasteiger partial charge in [0.1, 0.15) is 11.8 Å². The second-order valence-electron chi connectivity index (χ2n) is 5.85. The maximum Gasteiger partial charge on any atom is 0.322 e. The van der Waals surface area contributed by atoms with Gasteiger partial charge in [-0.25, -0.2) is 0 Å². The fourth-order valence-corrected chi connectivity index (χ4v) is 2.87. The summed E-state index contributed by atoms with van der Waals surface area (Å²) in [4.78, 5) is 11.9. The van der Waals surface area contributed by atoms with Crippen molar-refractivity contribution in [2.75, 3.05) is 7.11 Å². The van der Waals surface area contributed by atoms with Crippen molar-refractivity contribution in [3.63, 3.8) is 0 Å². The van der Waals surface area contributed by atoms with Crippen LogP contribution in [0.5, 0.6) is 5.75 Å². The molecular formula is C16H23NO3. The molecule has 110 valence electrons. The summed E-state index contributed by atoms with van der Waals surface area (Å²) in [5, 5.41) is 12.9. The Balaban J connectivity index is 2.11. The Morgan fingerprint density at radius 2 is 2.25 bits per heavy atom. The molecule has 0 bridgehead atoms. The number of ether oxygens (including phenoxy) is 1. The number of rotatable bonds is 5. The molecule has 0 heterocycles. The van der Waals surface area contributed by atoms with E-state index in [4.69, 9.17) is 4.74 Å². The zero-order valence-corrected chi connectivity index (χ0v) is 12.3. The van der Waals surface area contributed by atoms with Gasteiger partial charge in [0.2, 0.25) is 0 Å². The molecule has 1 aromatic carbocycles. The van der Waals surface area contributed by atoms with Crippen LogP contribution in [0.15, 0.2) is 18.2 Å². The van der Waals surface area contributed by atoms with E-state index >= 15 is 0 Å². The van der Waals surface area contributed by atoms with Crippen LogP contribution in [0, 0.1) is 5.92 Å². The molecule has 0 radical (unpaired) electrons. The molecule has 4 nitrogen and oxygen atoms in total. The first-order valence-electron chi connectivity index (χ1n) is 7.17. The van der Waals surface area contributed by atoms with Gasteiger partial charge in [-0.05, 0) is 48.4 Å². The smallest absolute Gasteiger partial charge is 0.322 e. The van der Waals surface area contributed by atoms with Crippen LogP contribution in [0.4, 0.5) is 0 Å². The van der Waals surface area contributed by atoms with Gasteiger partial charge in [0, 0.05) is 6.04 Å². The first-order chi connectivity index (χ1) is 9.51. The standard InChI is InChI=1S/C16H23NO3/c1-10(2)8-15(16(19)20-3)17-14-7-4-11-9-12(18)5-6-13(11)14/h5-6,9-10,14-15,17-18H,4,7-8H2,1-3H3. The Kier molecular flexibility index (Phi) is 4.65. The molecule has 2 rings (SSSR count). The highest BCUT2D eigenvalue weighted by Crippen LogP contribution is 2.33. The molecule has 0 saturated heterocycles. The minimum atomic E-state index is -0.273. The lowest BCUT2D eigenvalue weighted by Crippen LogP contribution is -2.40. The second kappa shape index (κ2) is 6.27. The molecular weight excluding hydrogens is 254 g/mol. The number of phenolic OH excluding ortho intramolecular Hbond substituents is 1. The highest BCUT2D eigenvalue weighted by Gasteiger charge is 2.28. The van der Waals surface area contributed by atoms with E-state index in [2.05, 4.69) is 19.2 Å². The Labute approximate surface area is 120 Å². The molecule has 0 aromatic heterocycles. The SMILES string of the molecule is COC(=O)C(CC(C)C)NC1CCc2cc(O)ccc21. The summed E-state index contributed by atoms with van der Waals surface area (Å²) in [6.45, 7) is 4.19. The molecule has 2 N–H and O–H groups in total. The summed E-state index contributed by atoms with van der Waals surface area (Å²) in [6, 6.07) is 5.35. The molecule has 1 aromatic rings. The molecule has 0 saturated carbocycles. The average molecular weight is 277 g/mol. The number of methoxy groups -OCH3 is 1. The fraction of sp³-hybridized carbons (Fsp3) is 0.562. The topological polar surface area (TPSA) is 58.6 Å². The van der Waals surface area contributed by atoms with Crippen molar-refractivity contribution in [2.24, 2.45) is 5.92 Å². The van der Waals surface area contributed by atoms with Gasteiger partial charge < -0.3 is 9.84 Å². The van der Waals surface area contributed by atoms with Crippen molar-refractivity contribution in [2.45, 2.75) is 45.2 Å². The maximum atomic E-state index is 11.9. The van der Waals surface area contributed by atoms with E-state index in [1.54, 1.807) is 6.07 Å². The number of hydrogen-bond donors (Lipinski definition) is 2. The van der Waals surface area contributed by atoms with Crippen LogP contribution >= 0.6 is 0 Å². The molecule has 0 amide bonds. The number of phenols is 1. The van der Waals surface area contributed by atoms with Gasteiger partial charge in [-0.15, -0.1) is 0 Å². The fourth-order valence-electron chi connectivity index (χ4n) is 2.87. The third-order valence-corrected chi connectivity index (χ3v) is 3.80. The van der Waals surface area contributed by atoms with Crippen molar-refractivity contribution in [1.82, 2.24) is 5.32 Å². The number of aromatic hydroxyl groups is 1. The number of benzene rings is 1. The molecule has 1 aliphatic rings. The van der Waals surface area contributed by atoms with Gasteiger partial charge in [-0.2, -0.15) is 0 Å². The number of aryl methyl sites for hydroxylation is 1. The second-order valence-corrected chi connectivity index (χ2v) is 5.85. The van der Waals surface area contributed by atoms with E-state index in [9.17, 15) is 9.90 Å². The highest BCUT2D eigenvalue weighted by atomic mass is 16.5. The molecule has 0 aliphatic heterocycles. The largest absolute Gasteiger partial charge is 0.508 e. The van der Waals surface area contributed by atoms with Crippen LogP contribution in [0.1, 0.15) is 43.9 Å². The van der Waals surface area contributed by atoms with E-state index in [1.807, 2.05) is 12.1 Å². The zero-order chi connectivity index (χ0) is 14.7. The lowest BCUT2D eigenvalue weighted by atomic mass is 10.0. The number of esters is 1. The van der Waals surface area contributed by atoms with Crippen molar-refractivity contribution >= 4 is 5.97 Å². The minimum absolute atomic E-state index is 0.161. The predicted molar refractivity (Wildman–Crippen MR) is 77.6 cm³/mol. The monoisotopic (exact) mass is 277 g/mol. The maximum absolute atomic E-state index is 11.9. The number of carbonyl (C=O) groups is 1. The highest BCUT2D eigenvalue weighted by molar-refractivity contribution is 5.75. The summed E-state index contributed by atoms with van der Waals surface area (Å²) in [7, 11) is 1.43. The van der Waals surface area contributed by atoms with Gasteiger partial charge in [-0.3, -0.25) is 10.1 Å². The van der Waals surface area contributed by atoms with E-state index in [1.165, 1.54) is 12.7 Å². The number of hydrogen-bond acceptors (Lipinski definition) is 4. The normalized spacial score (nSPS) is 18.9. The van der Waals surface area contributed by atoms with Gasteiger partial charge in [0.05, 0.1) is 7.11 Å². The summed E-state index contributed by atoms with van der Waals surface area (Å²) >= 11 is 0. The van der Waals surface area contributed by atoms with Gasteiger partial charge in [0.15, 0.2) is 0 Å². The van der Waals surface area contributed by atoms with E-state index in [0.29, 0.717) is 11.7 Å². The van der Waals surface area contributed by atoms with Crippen molar-refractivity contribution < 1.29 is 14.6 Å². The van der Waals surface area contributed by atoms with Crippen molar-refractivity contribution in [3.8, 4) is 5.75 Å². The first kappa shape index (κ1) is 14.9. The Hall–Kier alpha value is -1.55. The summed E-state index contributed by atoms with van der Waals surface area (Å²) < 4.78 is 4.89. The van der Waals surface area contributed by atoms with E-state index in [0.717, 1.165) is 24.8 Å². The van der Waals surface area contributed by atoms with E-state index in [-0.39, 0.29) is 18.1 Å². The molecule has 20 heavy (non-hydrogen) atoms. The number of carbonyl (C=O) groups excluding carboxylic acids is 1. The number of fused-ring (bicyclic) bond motifs is 1. The van der Waals surface area contributed by atoms with Crippen molar-refractivity contribution in [3.05, 3.63) is 29.3 Å². The Morgan fingerprint density at radius 1 is 1.50 bits per heavy atom. The van der Waals surface area contributed by atoms with Crippen LogP contribution in [-0.2, 0) is 16.0 Å². The van der Waals surface area contributed by atoms with Crippen LogP contribution < -0.4 is 5.32 Å². The summed E-state index contributed by atoms with van der Waals surface area (Å²) in [5.41, 5.74) is 2.34. The van der Waals surface area contributed by atoms with Crippen LogP contribution in [0.25, 0.3) is 0 Å². The van der Waals surface area contributed by atoms with Gasteiger partial charge in [-0.1, -0.05) is 19.9 Å². The molecule has 4 heteroatoms. The van der Waals surface area contributed by atoms with Gasteiger partial charge >= 0.3 is 5.97 Å². The molecule has 2 atom stereocenters. The minimum Gasteiger partial charge on any atom is -0.508 e. The van der Waals surface area contributed by atoms with Crippen LogP contribution in [0.3, 0.4) is 0 Å². The molecule has 0 fully saturated rings. The molecule has 0 spiro atoms. The third kappa shape index (κ3) is 3.31. The summed E-state index contributed by atoms with van der Waals surface area (Å²) in [5.74, 6) is 0.523. The zero-order valence-electron chi connectivity index (χ0n) is 12.3. The average Bonchev–Trinajstić information content (AvgIpc) is 2.78.